The minimum Gasteiger partial charge on any atom is -0.378 e. The third-order valence-electron chi connectivity index (χ3n) is 3.27. The molecule has 2 rings (SSSR count). The normalized spacial score (nSPS) is 12.2. The van der Waals surface area contributed by atoms with Crippen LogP contribution in [0.5, 0.6) is 0 Å². The van der Waals surface area contributed by atoms with E-state index in [1.165, 1.54) is 16.8 Å². The van der Waals surface area contributed by atoms with E-state index in [-0.39, 0.29) is 0 Å². The fraction of sp³-hybridized carbons (Fsp3) is 0.312. The van der Waals surface area contributed by atoms with Gasteiger partial charge in [-0.3, -0.25) is 4.98 Å². The maximum absolute atomic E-state index is 4.04. The maximum atomic E-state index is 4.04. The molecule has 1 aromatic heterocycles. The third-order valence-corrected chi connectivity index (χ3v) is 3.27. The molecule has 2 aromatic rings. The Balaban J connectivity index is 1.92. The fourth-order valence-corrected chi connectivity index (χ4v) is 1.95. The number of nitrogens with zero attached hydrogens (tertiary/aromatic N) is 2. The van der Waals surface area contributed by atoms with E-state index >= 15 is 0 Å². The van der Waals surface area contributed by atoms with Gasteiger partial charge in [0.15, 0.2) is 0 Å². The van der Waals surface area contributed by atoms with Crippen molar-refractivity contribution in [2.24, 2.45) is 0 Å². The SMILES string of the molecule is CC(NCc1ccc(N(C)C)cc1)c1ccncc1. The molecular formula is C16H21N3. The zero-order valence-electron chi connectivity index (χ0n) is 11.8. The molecule has 1 atom stereocenters. The molecule has 0 fully saturated rings. The molecule has 0 aliphatic heterocycles. The Kier molecular flexibility index (Phi) is 4.53. The molecule has 0 spiro atoms. The van der Waals surface area contributed by atoms with Gasteiger partial charge in [-0.15, -0.1) is 0 Å². The number of hydrogen-bond acceptors (Lipinski definition) is 3. The largest absolute Gasteiger partial charge is 0.378 e. The predicted molar refractivity (Wildman–Crippen MR) is 80.3 cm³/mol. The van der Waals surface area contributed by atoms with Gasteiger partial charge < -0.3 is 10.2 Å². The van der Waals surface area contributed by atoms with E-state index in [2.05, 4.69) is 60.5 Å². The number of anilines is 1. The highest BCUT2D eigenvalue weighted by Gasteiger charge is 2.04. The van der Waals surface area contributed by atoms with Crippen LogP contribution in [-0.2, 0) is 6.54 Å². The first-order valence-electron chi connectivity index (χ1n) is 6.56. The van der Waals surface area contributed by atoms with Crippen LogP contribution in [0.25, 0.3) is 0 Å². The summed E-state index contributed by atoms with van der Waals surface area (Å²) in [6, 6.07) is 13.1. The summed E-state index contributed by atoms with van der Waals surface area (Å²) >= 11 is 0. The molecule has 1 heterocycles. The summed E-state index contributed by atoms with van der Waals surface area (Å²) in [5, 5.41) is 3.52. The highest BCUT2D eigenvalue weighted by Crippen LogP contribution is 2.14. The van der Waals surface area contributed by atoms with Crippen molar-refractivity contribution in [3.63, 3.8) is 0 Å². The molecule has 100 valence electrons. The summed E-state index contributed by atoms with van der Waals surface area (Å²) in [6.45, 7) is 3.04. The molecule has 0 bridgehead atoms. The summed E-state index contributed by atoms with van der Waals surface area (Å²) in [5.41, 5.74) is 3.79. The number of benzene rings is 1. The Morgan fingerprint density at radius 1 is 1.05 bits per heavy atom. The van der Waals surface area contributed by atoms with Gasteiger partial charge in [-0.25, -0.2) is 0 Å². The van der Waals surface area contributed by atoms with Crippen molar-refractivity contribution in [1.82, 2.24) is 10.3 Å². The summed E-state index contributed by atoms with van der Waals surface area (Å²) in [5.74, 6) is 0. The lowest BCUT2D eigenvalue weighted by atomic mass is 10.1. The first-order chi connectivity index (χ1) is 9.16. The average molecular weight is 255 g/mol. The van der Waals surface area contributed by atoms with Gasteiger partial charge in [-0.05, 0) is 42.3 Å². The lowest BCUT2D eigenvalue weighted by molar-refractivity contribution is 0.574. The van der Waals surface area contributed by atoms with Crippen LogP contribution in [0, 0.1) is 0 Å². The van der Waals surface area contributed by atoms with Gasteiger partial charge in [0, 0.05) is 44.8 Å². The van der Waals surface area contributed by atoms with Gasteiger partial charge in [0.25, 0.3) is 0 Å². The second-order valence-corrected chi connectivity index (χ2v) is 4.94. The van der Waals surface area contributed by atoms with Gasteiger partial charge in [0.05, 0.1) is 0 Å². The summed E-state index contributed by atoms with van der Waals surface area (Å²) in [6.07, 6.45) is 3.67. The minimum absolute atomic E-state index is 0.330. The smallest absolute Gasteiger partial charge is 0.0361 e. The topological polar surface area (TPSA) is 28.2 Å². The van der Waals surface area contributed by atoms with E-state index in [1.807, 2.05) is 24.5 Å². The quantitative estimate of drug-likeness (QED) is 0.890. The van der Waals surface area contributed by atoms with Crippen molar-refractivity contribution in [1.29, 1.82) is 0 Å². The Bertz CT molecular complexity index is 491. The summed E-state index contributed by atoms with van der Waals surface area (Å²) in [7, 11) is 4.11. The monoisotopic (exact) mass is 255 g/mol. The van der Waals surface area contributed by atoms with Gasteiger partial charge in [-0.2, -0.15) is 0 Å². The average Bonchev–Trinajstić information content (AvgIpc) is 2.46. The number of nitrogens with one attached hydrogen (secondary N) is 1. The van der Waals surface area contributed by atoms with Crippen LogP contribution < -0.4 is 10.2 Å². The van der Waals surface area contributed by atoms with Gasteiger partial charge in [-0.1, -0.05) is 12.1 Å². The molecule has 1 N–H and O–H groups in total. The minimum atomic E-state index is 0.330. The zero-order chi connectivity index (χ0) is 13.7. The van der Waals surface area contributed by atoms with Crippen LogP contribution in [0.2, 0.25) is 0 Å². The summed E-state index contributed by atoms with van der Waals surface area (Å²) < 4.78 is 0. The van der Waals surface area contributed by atoms with Crippen molar-refractivity contribution in [3.05, 3.63) is 59.9 Å². The lowest BCUT2D eigenvalue weighted by Crippen LogP contribution is -2.18. The van der Waals surface area contributed by atoms with Crippen LogP contribution in [0.4, 0.5) is 5.69 Å². The predicted octanol–water partition coefficient (Wildman–Crippen LogP) is 3.00. The maximum Gasteiger partial charge on any atom is 0.0361 e. The van der Waals surface area contributed by atoms with Crippen LogP contribution in [0.3, 0.4) is 0 Å². The van der Waals surface area contributed by atoms with Gasteiger partial charge in [0.1, 0.15) is 0 Å². The molecule has 0 saturated heterocycles. The number of rotatable bonds is 5. The van der Waals surface area contributed by atoms with E-state index in [0.717, 1.165) is 6.54 Å². The fourth-order valence-electron chi connectivity index (χ4n) is 1.95. The Labute approximate surface area is 115 Å². The summed E-state index contributed by atoms with van der Waals surface area (Å²) in [4.78, 5) is 6.15. The molecule has 0 saturated carbocycles. The van der Waals surface area contributed by atoms with Crippen molar-refractivity contribution in [2.75, 3.05) is 19.0 Å². The van der Waals surface area contributed by atoms with E-state index in [1.54, 1.807) is 0 Å². The van der Waals surface area contributed by atoms with Crippen molar-refractivity contribution in [2.45, 2.75) is 19.5 Å². The zero-order valence-corrected chi connectivity index (χ0v) is 11.8. The Morgan fingerprint density at radius 3 is 2.26 bits per heavy atom. The molecule has 1 unspecified atom stereocenters. The Hall–Kier alpha value is -1.87. The number of hydrogen-bond donors (Lipinski definition) is 1. The molecule has 19 heavy (non-hydrogen) atoms. The molecule has 1 aromatic carbocycles. The van der Waals surface area contributed by atoms with E-state index < -0.39 is 0 Å². The first-order valence-corrected chi connectivity index (χ1v) is 6.56. The van der Waals surface area contributed by atoms with E-state index in [9.17, 15) is 0 Å². The highest BCUT2D eigenvalue weighted by molar-refractivity contribution is 5.45. The molecule has 0 aliphatic rings. The molecular weight excluding hydrogens is 234 g/mol. The van der Waals surface area contributed by atoms with Crippen LogP contribution >= 0.6 is 0 Å². The van der Waals surface area contributed by atoms with E-state index in [0.29, 0.717) is 6.04 Å². The van der Waals surface area contributed by atoms with Crippen LogP contribution in [0.15, 0.2) is 48.8 Å². The van der Waals surface area contributed by atoms with Gasteiger partial charge in [0.2, 0.25) is 0 Å². The van der Waals surface area contributed by atoms with Crippen molar-refractivity contribution in [3.8, 4) is 0 Å². The second kappa shape index (κ2) is 6.34. The highest BCUT2D eigenvalue weighted by atomic mass is 15.1. The van der Waals surface area contributed by atoms with E-state index in [4.69, 9.17) is 0 Å². The first kappa shape index (κ1) is 13.6. The van der Waals surface area contributed by atoms with Crippen molar-refractivity contribution >= 4 is 5.69 Å². The third kappa shape index (κ3) is 3.80. The van der Waals surface area contributed by atoms with Crippen LogP contribution in [-0.4, -0.2) is 19.1 Å². The second-order valence-electron chi connectivity index (χ2n) is 4.94. The molecule has 3 heteroatoms. The molecule has 0 aliphatic carbocycles. The van der Waals surface area contributed by atoms with Crippen LogP contribution in [0.1, 0.15) is 24.1 Å². The molecule has 3 nitrogen and oxygen atoms in total. The number of pyridine rings is 1. The molecule has 0 radical (unpaired) electrons. The Morgan fingerprint density at radius 2 is 1.68 bits per heavy atom. The van der Waals surface area contributed by atoms with Gasteiger partial charge >= 0.3 is 0 Å². The standard InChI is InChI=1S/C16H21N3/c1-13(15-8-10-17-11-9-15)18-12-14-4-6-16(7-5-14)19(2)3/h4-11,13,18H,12H2,1-3H3. The lowest BCUT2D eigenvalue weighted by Gasteiger charge is -2.15. The molecule has 0 amide bonds. The van der Waals surface area contributed by atoms with Crippen molar-refractivity contribution < 1.29 is 0 Å². The number of aromatic nitrogens is 1.